The summed E-state index contributed by atoms with van der Waals surface area (Å²) in [5, 5.41) is 12.4. The Bertz CT molecular complexity index is 578. The number of carbonyl (C=O) groups excluding carboxylic acids is 1. The highest BCUT2D eigenvalue weighted by atomic mass is 16.5. The van der Waals surface area contributed by atoms with Crippen molar-refractivity contribution in [1.29, 1.82) is 0 Å². The maximum absolute atomic E-state index is 12.3. The van der Waals surface area contributed by atoms with Crippen LogP contribution >= 0.6 is 0 Å². The van der Waals surface area contributed by atoms with Gasteiger partial charge in [-0.25, -0.2) is 0 Å². The van der Waals surface area contributed by atoms with Crippen molar-refractivity contribution in [3.8, 4) is 0 Å². The van der Waals surface area contributed by atoms with E-state index in [1.165, 1.54) is 18.2 Å². The van der Waals surface area contributed by atoms with E-state index in [0.29, 0.717) is 5.56 Å². The van der Waals surface area contributed by atoms with Gasteiger partial charge in [-0.15, -0.1) is 0 Å². The van der Waals surface area contributed by atoms with E-state index in [-0.39, 0.29) is 29.9 Å². The zero-order valence-electron chi connectivity index (χ0n) is 14.9. The van der Waals surface area contributed by atoms with Crippen LogP contribution in [-0.2, 0) is 15.6 Å². The van der Waals surface area contributed by atoms with Crippen LogP contribution in [0.1, 0.15) is 62.0 Å². The molecule has 2 rings (SSSR count). The lowest BCUT2D eigenvalue weighted by molar-refractivity contribution is 0.0609. The second-order valence-electron chi connectivity index (χ2n) is 7.85. The van der Waals surface area contributed by atoms with Gasteiger partial charge in [-0.1, -0.05) is 33.8 Å². The monoisotopic (exact) mass is 319 g/mol. The highest BCUT2D eigenvalue weighted by Gasteiger charge is 2.37. The number of ether oxygens (including phenoxy) is 1. The number of methoxy groups -OCH3 is 1. The Morgan fingerprint density at radius 1 is 1.22 bits per heavy atom. The number of amides is 1. The van der Waals surface area contributed by atoms with E-state index < -0.39 is 6.10 Å². The van der Waals surface area contributed by atoms with Crippen LogP contribution in [0.15, 0.2) is 18.2 Å². The molecule has 1 amide bonds. The second kappa shape index (κ2) is 6.62. The largest absolute Gasteiger partial charge is 0.389 e. The van der Waals surface area contributed by atoms with E-state index >= 15 is 0 Å². The molecule has 0 aliphatic heterocycles. The van der Waals surface area contributed by atoms with Crippen molar-refractivity contribution in [3.63, 3.8) is 0 Å². The summed E-state index contributed by atoms with van der Waals surface area (Å²) in [4.78, 5) is 12.3. The molecule has 0 saturated heterocycles. The molecule has 0 fully saturated rings. The number of rotatable bonds is 5. The third-order valence-electron chi connectivity index (χ3n) is 4.97. The molecule has 0 heterocycles. The molecule has 0 radical (unpaired) electrons. The Morgan fingerprint density at radius 3 is 2.43 bits per heavy atom. The molecule has 1 aromatic carbocycles. The van der Waals surface area contributed by atoms with Gasteiger partial charge in [0.2, 0.25) is 0 Å². The number of hydrogen-bond acceptors (Lipinski definition) is 3. The third-order valence-corrected chi connectivity index (χ3v) is 4.97. The van der Waals surface area contributed by atoms with Crippen molar-refractivity contribution < 1.29 is 14.6 Å². The predicted molar refractivity (Wildman–Crippen MR) is 91.9 cm³/mol. The van der Waals surface area contributed by atoms with Gasteiger partial charge in [0.1, 0.15) is 0 Å². The van der Waals surface area contributed by atoms with Crippen LogP contribution in [0.3, 0.4) is 0 Å². The minimum atomic E-state index is -0.683. The summed E-state index contributed by atoms with van der Waals surface area (Å²) < 4.78 is 4.86. The smallest absolute Gasteiger partial charge is 0.251 e. The molecule has 1 aromatic rings. The van der Waals surface area contributed by atoms with Crippen molar-refractivity contribution in [2.24, 2.45) is 0 Å². The van der Waals surface area contributed by atoms with Gasteiger partial charge in [-0.05, 0) is 46.9 Å². The van der Waals surface area contributed by atoms with Gasteiger partial charge in [0.15, 0.2) is 0 Å². The highest BCUT2D eigenvalue weighted by Crippen LogP contribution is 2.45. The number of hydrogen-bond donors (Lipinski definition) is 2. The van der Waals surface area contributed by atoms with Crippen molar-refractivity contribution in [3.05, 3.63) is 34.9 Å². The van der Waals surface area contributed by atoms with E-state index in [1.54, 1.807) is 0 Å². The number of nitrogens with one attached hydrogen (secondary N) is 1. The molecule has 128 valence electrons. The van der Waals surface area contributed by atoms with E-state index in [9.17, 15) is 9.90 Å². The average molecular weight is 319 g/mol. The second-order valence-corrected chi connectivity index (χ2v) is 7.85. The van der Waals surface area contributed by atoms with Crippen LogP contribution in [0, 0.1) is 0 Å². The molecule has 1 atom stereocenters. The maximum atomic E-state index is 12.3. The standard InChI is InChI=1S/C19H29NO3/c1-18(2)8-9-19(3,4)16-10-13(6-7-15(16)18)17(22)20-11-14(21)12-23-5/h6-7,10,14,21H,8-9,11-12H2,1-5H3,(H,20,22)/t14-/m1/s1. The zero-order valence-corrected chi connectivity index (χ0v) is 14.9. The van der Waals surface area contributed by atoms with E-state index in [0.717, 1.165) is 12.8 Å². The SMILES string of the molecule is COC[C@H](O)CNC(=O)c1ccc2c(c1)C(C)(C)CCC2(C)C. The Labute approximate surface area is 139 Å². The maximum Gasteiger partial charge on any atom is 0.251 e. The fourth-order valence-electron chi connectivity index (χ4n) is 3.29. The highest BCUT2D eigenvalue weighted by molar-refractivity contribution is 5.94. The summed E-state index contributed by atoms with van der Waals surface area (Å²) in [5.41, 5.74) is 3.48. The van der Waals surface area contributed by atoms with Crippen LogP contribution in [-0.4, -0.2) is 37.4 Å². The first kappa shape index (κ1) is 18.0. The molecular formula is C19H29NO3. The Hall–Kier alpha value is -1.39. The van der Waals surface area contributed by atoms with E-state index in [2.05, 4.69) is 39.1 Å². The first-order valence-electron chi connectivity index (χ1n) is 8.27. The Balaban J connectivity index is 2.21. The van der Waals surface area contributed by atoms with Gasteiger partial charge >= 0.3 is 0 Å². The van der Waals surface area contributed by atoms with Gasteiger partial charge < -0.3 is 15.2 Å². The number of aliphatic hydroxyl groups is 1. The fraction of sp³-hybridized carbons (Fsp3) is 0.632. The summed E-state index contributed by atoms with van der Waals surface area (Å²) in [5.74, 6) is -0.151. The minimum Gasteiger partial charge on any atom is -0.389 e. The van der Waals surface area contributed by atoms with Gasteiger partial charge in [-0.2, -0.15) is 0 Å². The molecule has 0 unspecified atom stereocenters. The lowest BCUT2D eigenvalue weighted by Crippen LogP contribution is -2.36. The first-order chi connectivity index (χ1) is 10.7. The summed E-state index contributed by atoms with van der Waals surface area (Å²) in [6, 6.07) is 6.00. The Kier molecular flexibility index (Phi) is 5.17. The number of aliphatic hydroxyl groups excluding tert-OH is 1. The van der Waals surface area contributed by atoms with Crippen LogP contribution in [0.2, 0.25) is 0 Å². The summed E-state index contributed by atoms with van der Waals surface area (Å²) in [6.45, 7) is 9.42. The fourth-order valence-corrected chi connectivity index (χ4v) is 3.29. The first-order valence-corrected chi connectivity index (χ1v) is 8.27. The van der Waals surface area contributed by atoms with Crippen LogP contribution < -0.4 is 5.32 Å². The molecule has 1 aliphatic carbocycles. The molecule has 4 nitrogen and oxygen atoms in total. The number of fused-ring (bicyclic) bond motifs is 1. The van der Waals surface area contributed by atoms with Gasteiger partial charge in [0, 0.05) is 19.2 Å². The van der Waals surface area contributed by atoms with E-state index in [1.807, 2.05) is 12.1 Å². The average Bonchev–Trinajstić information content (AvgIpc) is 2.49. The van der Waals surface area contributed by atoms with Gasteiger partial charge in [-0.3, -0.25) is 4.79 Å². The van der Waals surface area contributed by atoms with Crippen molar-refractivity contribution in [2.75, 3.05) is 20.3 Å². The van der Waals surface area contributed by atoms with Crippen molar-refractivity contribution in [2.45, 2.75) is 57.5 Å². The van der Waals surface area contributed by atoms with Gasteiger partial charge in [0.05, 0.1) is 12.7 Å². The number of benzene rings is 1. The van der Waals surface area contributed by atoms with E-state index in [4.69, 9.17) is 4.74 Å². The molecular weight excluding hydrogens is 290 g/mol. The third kappa shape index (κ3) is 3.93. The normalized spacial score (nSPS) is 19.7. The van der Waals surface area contributed by atoms with Crippen LogP contribution in [0.5, 0.6) is 0 Å². The quantitative estimate of drug-likeness (QED) is 0.877. The predicted octanol–water partition coefficient (Wildman–Crippen LogP) is 2.77. The molecule has 4 heteroatoms. The molecule has 2 N–H and O–H groups in total. The lowest BCUT2D eigenvalue weighted by Gasteiger charge is -2.42. The van der Waals surface area contributed by atoms with Crippen molar-refractivity contribution >= 4 is 5.91 Å². The summed E-state index contributed by atoms with van der Waals surface area (Å²) in [6.07, 6.45) is 1.59. The topological polar surface area (TPSA) is 58.6 Å². The summed E-state index contributed by atoms with van der Waals surface area (Å²) in [7, 11) is 1.53. The molecule has 0 saturated carbocycles. The molecule has 0 bridgehead atoms. The van der Waals surface area contributed by atoms with Gasteiger partial charge in [0.25, 0.3) is 5.91 Å². The molecule has 0 spiro atoms. The van der Waals surface area contributed by atoms with Crippen LogP contribution in [0.25, 0.3) is 0 Å². The molecule has 1 aliphatic rings. The van der Waals surface area contributed by atoms with Crippen molar-refractivity contribution in [1.82, 2.24) is 5.32 Å². The minimum absolute atomic E-state index is 0.0801. The zero-order chi connectivity index (χ0) is 17.3. The summed E-state index contributed by atoms with van der Waals surface area (Å²) >= 11 is 0. The molecule has 0 aromatic heterocycles. The lowest BCUT2D eigenvalue weighted by atomic mass is 9.63. The number of carbonyl (C=O) groups is 1. The molecule has 23 heavy (non-hydrogen) atoms. The van der Waals surface area contributed by atoms with Crippen LogP contribution in [0.4, 0.5) is 0 Å². The Morgan fingerprint density at radius 2 is 1.83 bits per heavy atom.